The number of carbonyl (C=O) groups is 1. The fourth-order valence-corrected chi connectivity index (χ4v) is 1.62. The summed E-state index contributed by atoms with van der Waals surface area (Å²) in [6.45, 7) is 5.47. The maximum atomic E-state index is 11.5. The smallest absolute Gasteiger partial charge is 0.310 e. The van der Waals surface area contributed by atoms with Gasteiger partial charge in [0.15, 0.2) is 0 Å². The minimum absolute atomic E-state index is 0.0462. The fourth-order valence-electron chi connectivity index (χ4n) is 1.62. The molecule has 0 unspecified atom stereocenters. The van der Waals surface area contributed by atoms with E-state index in [1.807, 2.05) is 0 Å². The monoisotopic (exact) mass is 215 g/mol. The predicted molar refractivity (Wildman–Crippen MR) is 57.7 cm³/mol. The lowest BCUT2D eigenvalue weighted by Crippen LogP contribution is -2.35. The summed E-state index contributed by atoms with van der Waals surface area (Å²) < 4.78 is 10.4. The number of nitrogens with one attached hydrogen (secondary N) is 1. The topological polar surface area (TPSA) is 47.6 Å². The molecule has 0 amide bonds. The minimum atomic E-state index is -0.0812. The first-order valence-electron chi connectivity index (χ1n) is 5.79. The maximum Gasteiger partial charge on any atom is 0.310 e. The summed E-state index contributed by atoms with van der Waals surface area (Å²) in [5.41, 5.74) is 0. The van der Waals surface area contributed by atoms with Crippen LogP contribution in [0.1, 0.15) is 26.2 Å². The summed E-state index contributed by atoms with van der Waals surface area (Å²) in [6, 6.07) is 0. The third-order valence-electron chi connectivity index (χ3n) is 2.45. The zero-order chi connectivity index (χ0) is 10.9. The van der Waals surface area contributed by atoms with Gasteiger partial charge < -0.3 is 14.8 Å². The molecule has 0 aromatic carbocycles. The standard InChI is InChI=1S/C11H21NO3/c1-2-6-14-7-8-15-11(13)10-4-3-5-12-9-10/h10,12H,2-9H2,1H3/t10-/m0/s1. The Morgan fingerprint density at radius 2 is 2.27 bits per heavy atom. The van der Waals surface area contributed by atoms with Gasteiger partial charge in [-0.15, -0.1) is 0 Å². The average molecular weight is 215 g/mol. The quantitative estimate of drug-likeness (QED) is 0.529. The largest absolute Gasteiger partial charge is 0.463 e. The number of esters is 1. The Hall–Kier alpha value is -0.610. The number of carbonyl (C=O) groups excluding carboxylic acids is 1. The van der Waals surface area contributed by atoms with Crippen LogP contribution in [0.2, 0.25) is 0 Å². The van der Waals surface area contributed by atoms with Gasteiger partial charge in [0, 0.05) is 13.2 Å². The van der Waals surface area contributed by atoms with E-state index in [4.69, 9.17) is 9.47 Å². The van der Waals surface area contributed by atoms with Crippen molar-refractivity contribution < 1.29 is 14.3 Å². The van der Waals surface area contributed by atoms with Crippen LogP contribution in [-0.4, -0.2) is 38.9 Å². The zero-order valence-electron chi connectivity index (χ0n) is 9.46. The highest BCUT2D eigenvalue weighted by atomic mass is 16.6. The second-order valence-corrected chi connectivity index (χ2v) is 3.82. The van der Waals surface area contributed by atoms with E-state index >= 15 is 0 Å². The number of hydrogen-bond donors (Lipinski definition) is 1. The third-order valence-corrected chi connectivity index (χ3v) is 2.45. The molecule has 4 heteroatoms. The van der Waals surface area contributed by atoms with Crippen LogP contribution in [0.5, 0.6) is 0 Å². The molecule has 0 aliphatic carbocycles. The molecule has 0 saturated carbocycles. The molecule has 1 aliphatic rings. The van der Waals surface area contributed by atoms with Gasteiger partial charge in [-0.25, -0.2) is 0 Å². The first kappa shape index (κ1) is 12.5. The second-order valence-electron chi connectivity index (χ2n) is 3.82. The van der Waals surface area contributed by atoms with Gasteiger partial charge in [0.25, 0.3) is 0 Å². The van der Waals surface area contributed by atoms with Crippen LogP contribution in [0.4, 0.5) is 0 Å². The Morgan fingerprint density at radius 1 is 1.40 bits per heavy atom. The summed E-state index contributed by atoms with van der Waals surface area (Å²) in [6.07, 6.45) is 3.01. The van der Waals surface area contributed by atoms with Crippen molar-refractivity contribution in [2.24, 2.45) is 5.92 Å². The fraction of sp³-hybridized carbons (Fsp3) is 0.909. The Balaban J connectivity index is 2.02. The summed E-state index contributed by atoms with van der Waals surface area (Å²) in [7, 11) is 0. The van der Waals surface area contributed by atoms with Crippen LogP contribution in [0.3, 0.4) is 0 Å². The lowest BCUT2D eigenvalue weighted by molar-refractivity contribution is -0.150. The van der Waals surface area contributed by atoms with Crippen LogP contribution >= 0.6 is 0 Å². The van der Waals surface area contributed by atoms with E-state index in [-0.39, 0.29) is 11.9 Å². The zero-order valence-corrected chi connectivity index (χ0v) is 9.46. The van der Waals surface area contributed by atoms with Crippen molar-refractivity contribution in [1.29, 1.82) is 0 Å². The van der Waals surface area contributed by atoms with Crippen LogP contribution < -0.4 is 5.32 Å². The van der Waals surface area contributed by atoms with Crippen molar-refractivity contribution in [3.63, 3.8) is 0 Å². The van der Waals surface area contributed by atoms with E-state index in [2.05, 4.69) is 12.2 Å². The van der Waals surface area contributed by atoms with E-state index in [0.29, 0.717) is 13.2 Å². The highest BCUT2D eigenvalue weighted by Crippen LogP contribution is 2.11. The molecule has 1 rings (SSSR count). The Bertz CT molecular complexity index is 179. The summed E-state index contributed by atoms with van der Waals surface area (Å²) in [4.78, 5) is 11.5. The van der Waals surface area contributed by atoms with Gasteiger partial charge in [-0.1, -0.05) is 6.92 Å². The van der Waals surface area contributed by atoms with E-state index in [0.717, 1.165) is 39.0 Å². The van der Waals surface area contributed by atoms with Gasteiger partial charge in [-0.2, -0.15) is 0 Å². The molecule has 1 N–H and O–H groups in total. The first-order chi connectivity index (χ1) is 7.34. The molecule has 1 heterocycles. The number of ether oxygens (including phenoxy) is 2. The highest BCUT2D eigenvalue weighted by Gasteiger charge is 2.21. The molecule has 0 aromatic rings. The molecule has 0 aromatic heterocycles. The summed E-state index contributed by atoms with van der Waals surface area (Å²) >= 11 is 0. The number of rotatable bonds is 6. The molecule has 0 spiro atoms. The Kier molecular flexibility index (Phi) is 6.36. The van der Waals surface area contributed by atoms with E-state index in [1.54, 1.807) is 0 Å². The van der Waals surface area contributed by atoms with E-state index in [9.17, 15) is 4.79 Å². The molecular weight excluding hydrogens is 194 g/mol. The van der Waals surface area contributed by atoms with Crippen molar-refractivity contribution in [2.75, 3.05) is 32.9 Å². The molecule has 88 valence electrons. The number of piperidine rings is 1. The van der Waals surface area contributed by atoms with Gasteiger partial charge in [-0.05, 0) is 25.8 Å². The normalized spacial score (nSPS) is 21.3. The Labute approximate surface area is 91.3 Å². The molecule has 1 aliphatic heterocycles. The second kappa shape index (κ2) is 7.65. The highest BCUT2D eigenvalue weighted by molar-refractivity contribution is 5.72. The molecule has 4 nitrogen and oxygen atoms in total. The molecule has 15 heavy (non-hydrogen) atoms. The molecule has 0 bridgehead atoms. The van der Waals surface area contributed by atoms with E-state index in [1.165, 1.54) is 0 Å². The Morgan fingerprint density at radius 3 is 2.93 bits per heavy atom. The van der Waals surface area contributed by atoms with Crippen molar-refractivity contribution in [3.05, 3.63) is 0 Å². The molecule has 0 radical (unpaired) electrons. The third kappa shape index (κ3) is 5.14. The van der Waals surface area contributed by atoms with Crippen LogP contribution in [-0.2, 0) is 14.3 Å². The van der Waals surface area contributed by atoms with Crippen molar-refractivity contribution >= 4 is 5.97 Å². The summed E-state index contributed by atoms with van der Waals surface area (Å²) in [5.74, 6) is -0.0350. The average Bonchev–Trinajstić information content (AvgIpc) is 2.30. The van der Waals surface area contributed by atoms with Crippen LogP contribution in [0.15, 0.2) is 0 Å². The van der Waals surface area contributed by atoms with Crippen LogP contribution in [0, 0.1) is 5.92 Å². The van der Waals surface area contributed by atoms with Crippen molar-refractivity contribution in [2.45, 2.75) is 26.2 Å². The van der Waals surface area contributed by atoms with E-state index < -0.39 is 0 Å². The molecule has 1 fully saturated rings. The lowest BCUT2D eigenvalue weighted by Gasteiger charge is -2.20. The maximum absolute atomic E-state index is 11.5. The lowest BCUT2D eigenvalue weighted by atomic mass is 10.0. The SMILES string of the molecule is CCCOCCOC(=O)[C@H]1CCCNC1. The number of hydrogen-bond acceptors (Lipinski definition) is 4. The van der Waals surface area contributed by atoms with Gasteiger partial charge in [0.2, 0.25) is 0 Å². The molecular formula is C11H21NO3. The first-order valence-corrected chi connectivity index (χ1v) is 5.79. The van der Waals surface area contributed by atoms with Crippen LogP contribution in [0.25, 0.3) is 0 Å². The van der Waals surface area contributed by atoms with Crippen molar-refractivity contribution in [1.82, 2.24) is 5.32 Å². The van der Waals surface area contributed by atoms with Gasteiger partial charge in [-0.3, -0.25) is 4.79 Å². The van der Waals surface area contributed by atoms with Gasteiger partial charge in [0.05, 0.1) is 12.5 Å². The van der Waals surface area contributed by atoms with Gasteiger partial charge >= 0.3 is 5.97 Å². The predicted octanol–water partition coefficient (Wildman–Crippen LogP) is 0.956. The van der Waals surface area contributed by atoms with Gasteiger partial charge in [0.1, 0.15) is 6.61 Å². The summed E-state index contributed by atoms with van der Waals surface area (Å²) in [5, 5.41) is 3.19. The van der Waals surface area contributed by atoms with Crippen molar-refractivity contribution in [3.8, 4) is 0 Å². The molecule has 1 saturated heterocycles. The molecule has 1 atom stereocenters. The minimum Gasteiger partial charge on any atom is -0.463 e.